The quantitative estimate of drug-likeness (QED) is 0.686. The summed E-state index contributed by atoms with van der Waals surface area (Å²) in [5.41, 5.74) is 5.09. The number of hydrogen-bond acceptors (Lipinski definition) is 0. The highest BCUT2D eigenvalue weighted by Crippen LogP contribution is 2.34. The zero-order chi connectivity index (χ0) is 12.7. The molecule has 90 valence electrons. The molecule has 0 aromatic heterocycles. The summed E-state index contributed by atoms with van der Waals surface area (Å²) in [5.74, 6) is -1.07. The van der Waals surface area contributed by atoms with Gasteiger partial charge < -0.3 is 0 Å². The molecule has 0 nitrogen and oxygen atoms in total. The summed E-state index contributed by atoms with van der Waals surface area (Å²) in [4.78, 5) is 0. The topological polar surface area (TPSA) is 0 Å². The zero-order valence-electron chi connectivity index (χ0n) is 10.0. The molecule has 2 heteroatoms. The van der Waals surface area contributed by atoms with Crippen LogP contribution in [-0.2, 0) is 6.42 Å². The van der Waals surface area contributed by atoms with Crippen LogP contribution in [0.4, 0.5) is 8.78 Å². The van der Waals surface area contributed by atoms with E-state index in [0.717, 1.165) is 29.2 Å². The largest absolute Gasteiger partial charge is 0.207 e. The first-order valence-corrected chi connectivity index (χ1v) is 5.89. The molecular formula is C16H12F2. The first-order valence-electron chi connectivity index (χ1n) is 5.89. The van der Waals surface area contributed by atoms with Crippen LogP contribution in [-0.4, -0.2) is 0 Å². The van der Waals surface area contributed by atoms with E-state index in [1.54, 1.807) is 0 Å². The van der Waals surface area contributed by atoms with Crippen molar-refractivity contribution in [3.63, 3.8) is 0 Å². The molecule has 0 N–H and O–H groups in total. The Hall–Kier alpha value is -1.96. The van der Waals surface area contributed by atoms with Crippen LogP contribution in [0.5, 0.6) is 0 Å². The zero-order valence-corrected chi connectivity index (χ0v) is 10.0. The maximum atomic E-state index is 13.3. The van der Waals surface area contributed by atoms with Crippen LogP contribution in [0.3, 0.4) is 0 Å². The standard InChI is InChI=1S/C16H12F2/c1-10-5-11-3-2-4-15(16(11)6-10)12-7-13(17)9-14(18)8-12/h2-5,7-9H,6H2,1H3. The van der Waals surface area contributed by atoms with Crippen molar-refractivity contribution in [2.24, 2.45) is 0 Å². The number of hydrogen-bond donors (Lipinski definition) is 0. The smallest absolute Gasteiger partial charge is 0.126 e. The minimum atomic E-state index is -0.537. The fraction of sp³-hybridized carbons (Fsp3) is 0.125. The van der Waals surface area contributed by atoms with Gasteiger partial charge in [0.05, 0.1) is 0 Å². The third kappa shape index (κ3) is 1.84. The van der Waals surface area contributed by atoms with Crippen molar-refractivity contribution in [1.82, 2.24) is 0 Å². The number of fused-ring (bicyclic) bond motifs is 1. The third-order valence-corrected chi connectivity index (χ3v) is 3.24. The van der Waals surface area contributed by atoms with Gasteiger partial charge in [0.25, 0.3) is 0 Å². The van der Waals surface area contributed by atoms with E-state index < -0.39 is 11.6 Å². The Bertz CT molecular complexity index is 634. The van der Waals surface area contributed by atoms with Crippen LogP contribution in [0.25, 0.3) is 17.2 Å². The van der Waals surface area contributed by atoms with Crippen LogP contribution < -0.4 is 0 Å². The molecule has 3 rings (SSSR count). The molecule has 0 atom stereocenters. The monoisotopic (exact) mass is 242 g/mol. The summed E-state index contributed by atoms with van der Waals surface area (Å²) < 4.78 is 26.6. The van der Waals surface area contributed by atoms with E-state index in [1.807, 2.05) is 18.2 Å². The van der Waals surface area contributed by atoms with E-state index in [9.17, 15) is 8.78 Å². The van der Waals surface area contributed by atoms with Gasteiger partial charge in [-0.1, -0.05) is 29.8 Å². The Kier molecular flexibility index (Phi) is 2.51. The Balaban J connectivity index is 2.17. The molecule has 2 aromatic rings. The second-order valence-corrected chi connectivity index (χ2v) is 4.70. The maximum Gasteiger partial charge on any atom is 0.126 e. The molecule has 0 saturated carbocycles. The van der Waals surface area contributed by atoms with Gasteiger partial charge in [0.2, 0.25) is 0 Å². The van der Waals surface area contributed by atoms with Crippen LogP contribution in [0.1, 0.15) is 18.1 Å². The maximum absolute atomic E-state index is 13.3. The predicted molar refractivity (Wildman–Crippen MR) is 69.1 cm³/mol. The average molecular weight is 242 g/mol. The molecule has 0 saturated heterocycles. The lowest BCUT2D eigenvalue weighted by Gasteiger charge is -2.09. The molecule has 1 aliphatic carbocycles. The van der Waals surface area contributed by atoms with Gasteiger partial charge in [-0.05, 0) is 47.7 Å². The highest BCUT2D eigenvalue weighted by atomic mass is 19.1. The Labute approximate surface area is 105 Å². The number of benzene rings is 2. The second-order valence-electron chi connectivity index (χ2n) is 4.70. The van der Waals surface area contributed by atoms with Gasteiger partial charge in [-0.3, -0.25) is 0 Å². The predicted octanol–water partition coefficient (Wildman–Crippen LogP) is 4.59. The molecule has 0 fully saturated rings. The molecule has 1 aliphatic rings. The minimum Gasteiger partial charge on any atom is -0.207 e. The van der Waals surface area contributed by atoms with E-state index in [1.165, 1.54) is 17.7 Å². The summed E-state index contributed by atoms with van der Waals surface area (Å²) in [6.07, 6.45) is 2.97. The Morgan fingerprint density at radius 3 is 2.44 bits per heavy atom. The molecule has 18 heavy (non-hydrogen) atoms. The summed E-state index contributed by atoms with van der Waals surface area (Å²) in [6.45, 7) is 2.07. The van der Waals surface area contributed by atoms with Crippen molar-refractivity contribution in [2.75, 3.05) is 0 Å². The SMILES string of the molecule is CC1=Cc2cccc(-c3cc(F)cc(F)c3)c2C1. The van der Waals surface area contributed by atoms with Gasteiger partial charge >= 0.3 is 0 Å². The normalized spacial score (nSPS) is 13.4. The van der Waals surface area contributed by atoms with Gasteiger partial charge in [-0.2, -0.15) is 0 Å². The number of allylic oxidation sites excluding steroid dienone is 1. The summed E-state index contributed by atoms with van der Waals surface area (Å²) in [5, 5.41) is 0. The summed E-state index contributed by atoms with van der Waals surface area (Å²) in [6, 6.07) is 9.53. The molecule has 0 radical (unpaired) electrons. The molecule has 0 aliphatic heterocycles. The van der Waals surface area contributed by atoms with Gasteiger partial charge in [0.15, 0.2) is 0 Å². The molecule has 0 spiro atoms. The molecule has 0 unspecified atom stereocenters. The van der Waals surface area contributed by atoms with Crippen LogP contribution in [0, 0.1) is 11.6 Å². The van der Waals surface area contributed by atoms with Crippen molar-refractivity contribution >= 4 is 6.08 Å². The van der Waals surface area contributed by atoms with Crippen LogP contribution >= 0.6 is 0 Å². The summed E-state index contributed by atoms with van der Waals surface area (Å²) >= 11 is 0. The van der Waals surface area contributed by atoms with Gasteiger partial charge in [0.1, 0.15) is 11.6 Å². The van der Waals surface area contributed by atoms with Crippen LogP contribution in [0.2, 0.25) is 0 Å². The molecule has 0 heterocycles. The first-order chi connectivity index (χ1) is 8.63. The van der Waals surface area contributed by atoms with E-state index >= 15 is 0 Å². The van der Waals surface area contributed by atoms with E-state index in [0.29, 0.717) is 5.56 Å². The van der Waals surface area contributed by atoms with E-state index in [2.05, 4.69) is 13.0 Å². The minimum absolute atomic E-state index is 0.537. The fourth-order valence-corrected chi connectivity index (χ4v) is 2.51. The molecule has 0 bridgehead atoms. The van der Waals surface area contributed by atoms with Gasteiger partial charge in [0, 0.05) is 6.07 Å². The highest BCUT2D eigenvalue weighted by molar-refractivity contribution is 5.77. The van der Waals surface area contributed by atoms with Crippen molar-refractivity contribution in [1.29, 1.82) is 0 Å². The lowest BCUT2D eigenvalue weighted by atomic mass is 9.96. The van der Waals surface area contributed by atoms with Gasteiger partial charge in [-0.25, -0.2) is 8.78 Å². The fourth-order valence-electron chi connectivity index (χ4n) is 2.51. The lowest BCUT2D eigenvalue weighted by molar-refractivity contribution is 0.584. The third-order valence-electron chi connectivity index (χ3n) is 3.24. The van der Waals surface area contributed by atoms with Crippen molar-refractivity contribution in [3.05, 3.63) is 64.7 Å². The number of halogens is 2. The van der Waals surface area contributed by atoms with E-state index in [-0.39, 0.29) is 0 Å². The van der Waals surface area contributed by atoms with Gasteiger partial charge in [-0.15, -0.1) is 0 Å². The lowest BCUT2D eigenvalue weighted by Crippen LogP contribution is -1.91. The highest BCUT2D eigenvalue weighted by Gasteiger charge is 2.15. The Morgan fingerprint density at radius 2 is 1.72 bits per heavy atom. The molecule has 0 amide bonds. The second kappa shape index (κ2) is 4.05. The Morgan fingerprint density at radius 1 is 1.00 bits per heavy atom. The summed E-state index contributed by atoms with van der Waals surface area (Å²) in [7, 11) is 0. The number of rotatable bonds is 1. The van der Waals surface area contributed by atoms with Crippen molar-refractivity contribution in [2.45, 2.75) is 13.3 Å². The van der Waals surface area contributed by atoms with Crippen molar-refractivity contribution < 1.29 is 8.78 Å². The molecular weight excluding hydrogens is 230 g/mol. The van der Waals surface area contributed by atoms with Crippen LogP contribution in [0.15, 0.2) is 42.0 Å². The first kappa shape index (κ1) is 11.1. The van der Waals surface area contributed by atoms with Crippen molar-refractivity contribution in [3.8, 4) is 11.1 Å². The molecule has 2 aromatic carbocycles. The average Bonchev–Trinajstić information content (AvgIpc) is 2.67. The van der Waals surface area contributed by atoms with E-state index in [4.69, 9.17) is 0 Å².